The second-order valence-corrected chi connectivity index (χ2v) is 11.9. The van der Waals surface area contributed by atoms with Crippen LogP contribution in [0.5, 0.6) is 5.75 Å². The smallest absolute Gasteiger partial charge is 0.408 e. The van der Waals surface area contributed by atoms with Gasteiger partial charge in [-0.3, -0.25) is 9.59 Å². The number of fused-ring (bicyclic) bond motifs is 2. The number of ether oxygens (including phenoxy) is 2. The van der Waals surface area contributed by atoms with E-state index in [1.54, 1.807) is 30.6 Å². The van der Waals surface area contributed by atoms with Gasteiger partial charge in [-0.05, 0) is 58.9 Å². The van der Waals surface area contributed by atoms with Crippen molar-refractivity contribution in [2.75, 3.05) is 19.7 Å². The van der Waals surface area contributed by atoms with Crippen LogP contribution in [0, 0.1) is 0 Å². The van der Waals surface area contributed by atoms with Crippen molar-refractivity contribution in [3.8, 4) is 5.75 Å². The van der Waals surface area contributed by atoms with Gasteiger partial charge in [0.05, 0.1) is 19.2 Å². The second-order valence-electron chi connectivity index (χ2n) is 11.9. The van der Waals surface area contributed by atoms with Gasteiger partial charge in [-0.2, -0.15) is 0 Å². The Morgan fingerprint density at radius 2 is 1.72 bits per heavy atom. The summed E-state index contributed by atoms with van der Waals surface area (Å²) in [5, 5.41) is 8.82. The van der Waals surface area contributed by atoms with E-state index < -0.39 is 23.8 Å². The molecule has 212 valence electrons. The van der Waals surface area contributed by atoms with E-state index in [0.29, 0.717) is 38.8 Å². The van der Waals surface area contributed by atoms with Crippen LogP contribution >= 0.6 is 0 Å². The maximum absolute atomic E-state index is 14.0. The Labute approximate surface area is 228 Å². The number of para-hydroxylation sites is 1. The van der Waals surface area contributed by atoms with E-state index in [9.17, 15) is 19.2 Å². The molecule has 2 saturated heterocycles. The summed E-state index contributed by atoms with van der Waals surface area (Å²) in [6.07, 6.45) is 3.52. The summed E-state index contributed by atoms with van der Waals surface area (Å²) in [4.78, 5) is 56.5. The third kappa shape index (κ3) is 6.39. The predicted octanol–water partition coefficient (Wildman–Crippen LogP) is 2.46. The van der Waals surface area contributed by atoms with Crippen molar-refractivity contribution >= 4 is 23.9 Å². The maximum atomic E-state index is 14.0. The number of nitrogens with one attached hydrogen (secondary N) is 3. The molecule has 3 fully saturated rings. The molecule has 0 spiro atoms. The Kier molecular flexibility index (Phi) is 7.59. The van der Waals surface area contributed by atoms with E-state index in [-0.39, 0.29) is 42.5 Å². The molecule has 1 aromatic carbocycles. The van der Waals surface area contributed by atoms with Gasteiger partial charge in [0.15, 0.2) is 0 Å². The lowest BCUT2D eigenvalue weighted by atomic mass is 10.00. The number of urea groups is 1. The molecule has 4 aliphatic rings. The van der Waals surface area contributed by atoms with Gasteiger partial charge in [-0.1, -0.05) is 18.2 Å². The van der Waals surface area contributed by atoms with Crippen molar-refractivity contribution in [1.29, 1.82) is 0 Å². The minimum Gasteiger partial charge on any atom is -0.493 e. The predicted molar refractivity (Wildman–Crippen MR) is 142 cm³/mol. The standard InChI is InChI=1S/C28H39N5O6/c1-28(2,3)39-27(37)31-21-16-32(26(36)29-17-8-9-17)14-12-18-10-11-22(33(18)25(21)35)24(34)30-20-13-15-38-23-7-5-4-6-19(20)23/h4-7,17-18,20-22H,8-16H2,1-3H3,(H,29,36)(H,30,34)(H,31,37)/t18-,20-,21+,22+/m1/s1. The van der Waals surface area contributed by atoms with Crippen molar-refractivity contribution in [2.24, 2.45) is 0 Å². The quantitative estimate of drug-likeness (QED) is 0.537. The van der Waals surface area contributed by atoms with Crippen LogP contribution in [0.25, 0.3) is 0 Å². The average molecular weight is 542 g/mol. The van der Waals surface area contributed by atoms with E-state index in [4.69, 9.17) is 9.47 Å². The van der Waals surface area contributed by atoms with Gasteiger partial charge in [0.1, 0.15) is 23.4 Å². The van der Waals surface area contributed by atoms with Crippen LogP contribution in [0.2, 0.25) is 0 Å². The number of hydrogen-bond donors (Lipinski definition) is 3. The highest BCUT2D eigenvalue weighted by molar-refractivity contribution is 5.93. The Morgan fingerprint density at radius 1 is 0.949 bits per heavy atom. The topological polar surface area (TPSA) is 129 Å². The zero-order valence-electron chi connectivity index (χ0n) is 22.9. The summed E-state index contributed by atoms with van der Waals surface area (Å²) >= 11 is 0. The normalized spacial score (nSPS) is 26.8. The Bertz CT molecular complexity index is 1120. The van der Waals surface area contributed by atoms with Gasteiger partial charge < -0.3 is 35.2 Å². The summed E-state index contributed by atoms with van der Waals surface area (Å²) in [5.74, 6) is 0.166. The molecular formula is C28H39N5O6. The second kappa shape index (κ2) is 10.9. The lowest BCUT2D eigenvalue weighted by Gasteiger charge is -2.39. The highest BCUT2D eigenvalue weighted by atomic mass is 16.6. The van der Waals surface area contributed by atoms with Crippen molar-refractivity contribution < 1.29 is 28.7 Å². The number of nitrogens with zero attached hydrogens (tertiary/aromatic N) is 2. The van der Waals surface area contributed by atoms with Crippen LogP contribution in [0.3, 0.4) is 0 Å². The molecule has 39 heavy (non-hydrogen) atoms. The fourth-order valence-corrected chi connectivity index (χ4v) is 5.63. The SMILES string of the molecule is CC(C)(C)OC(=O)N[C@H]1CN(C(=O)NC2CC2)CC[C@H]2CC[C@@H](C(=O)N[C@@H]3CCOc4ccccc43)N2C1=O. The third-order valence-corrected chi connectivity index (χ3v) is 7.65. The highest BCUT2D eigenvalue weighted by Crippen LogP contribution is 2.34. The molecule has 11 nitrogen and oxygen atoms in total. The van der Waals surface area contributed by atoms with E-state index in [2.05, 4.69) is 16.0 Å². The van der Waals surface area contributed by atoms with E-state index in [1.165, 1.54) is 0 Å². The van der Waals surface area contributed by atoms with Crippen LogP contribution in [-0.2, 0) is 14.3 Å². The minimum atomic E-state index is -1.04. The lowest BCUT2D eigenvalue weighted by molar-refractivity contribution is -0.143. The van der Waals surface area contributed by atoms with Gasteiger partial charge in [0.25, 0.3) is 0 Å². The summed E-state index contributed by atoms with van der Waals surface area (Å²) in [6.45, 7) is 6.15. The van der Waals surface area contributed by atoms with Crippen LogP contribution in [0.1, 0.15) is 70.9 Å². The molecule has 0 unspecified atom stereocenters. The Hall–Kier alpha value is -3.50. The summed E-state index contributed by atoms with van der Waals surface area (Å²) in [5.41, 5.74) is 0.170. The van der Waals surface area contributed by atoms with Crippen LogP contribution < -0.4 is 20.7 Å². The van der Waals surface area contributed by atoms with E-state index in [0.717, 1.165) is 24.2 Å². The molecule has 3 N–H and O–H groups in total. The maximum Gasteiger partial charge on any atom is 0.408 e. The first-order valence-corrected chi connectivity index (χ1v) is 14.0. The molecule has 0 bridgehead atoms. The Morgan fingerprint density at radius 3 is 2.46 bits per heavy atom. The Balaban J connectivity index is 1.34. The molecule has 3 aliphatic heterocycles. The largest absolute Gasteiger partial charge is 0.493 e. The fourth-order valence-electron chi connectivity index (χ4n) is 5.63. The van der Waals surface area contributed by atoms with Gasteiger partial charge in [-0.15, -0.1) is 0 Å². The zero-order chi connectivity index (χ0) is 27.7. The number of rotatable bonds is 4. The van der Waals surface area contributed by atoms with E-state index in [1.807, 2.05) is 24.3 Å². The molecule has 5 rings (SSSR count). The number of carbonyl (C=O) groups excluding carboxylic acids is 4. The number of hydrogen-bond acceptors (Lipinski definition) is 6. The van der Waals surface area contributed by atoms with Crippen LogP contribution in [0.15, 0.2) is 24.3 Å². The number of alkyl carbamates (subject to hydrolysis) is 1. The molecule has 1 saturated carbocycles. The number of benzene rings is 1. The van der Waals surface area contributed by atoms with Crippen molar-refractivity contribution in [3.05, 3.63) is 29.8 Å². The average Bonchev–Trinajstić information content (AvgIpc) is 3.59. The zero-order valence-corrected chi connectivity index (χ0v) is 22.9. The minimum absolute atomic E-state index is 0.00152. The lowest BCUT2D eigenvalue weighted by Crippen LogP contribution is -2.62. The molecule has 11 heteroatoms. The molecule has 0 radical (unpaired) electrons. The molecule has 1 aliphatic carbocycles. The number of carbonyl (C=O) groups is 4. The first kappa shape index (κ1) is 27.1. The van der Waals surface area contributed by atoms with Gasteiger partial charge >= 0.3 is 12.1 Å². The van der Waals surface area contributed by atoms with E-state index >= 15 is 0 Å². The number of amides is 5. The van der Waals surface area contributed by atoms with Gasteiger partial charge in [0, 0.05) is 30.6 Å². The monoisotopic (exact) mass is 541 g/mol. The van der Waals surface area contributed by atoms with Crippen molar-refractivity contribution in [2.45, 2.75) is 95.1 Å². The van der Waals surface area contributed by atoms with Crippen molar-refractivity contribution in [1.82, 2.24) is 25.8 Å². The fraction of sp³-hybridized carbons (Fsp3) is 0.643. The van der Waals surface area contributed by atoms with Gasteiger partial charge in [0.2, 0.25) is 11.8 Å². The van der Waals surface area contributed by atoms with Gasteiger partial charge in [-0.25, -0.2) is 9.59 Å². The van der Waals surface area contributed by atoms with Crippen LogP contribution in [-0.4, -0.2) is 83.2 Å². The van der Waals surface area contributed by atoms with Crippen molar-refractivity contribution in [3.63, 3.8) is 0 Å². The molecule has 5 amide bonds. The first-order chi connectivity index (χ1) is 18.6. The highest BCUT2D eigenvalue weighted by Gasteiger charge is 2.46. The molecule has 4 atom stereocenters. The first-order valence-electron chi connectivity index (χ1n) is 14.0. The summed E-state index contributed by atoms with van der Waals surface area (Å²) in [7, 11) is 0. The molecule has 1 aromatic rings. The molecular weight excluding hydrogens is 502 g/mol. The van der Waals surface area contributed by atoms with Crippen LogP contribution in [0.4, 0.5) is 9.59 Å². The molecule has 0 aromatic heterocycles. The summed E-state index contributed by atoms with van der Waals surface area (Å²) in [6, 6.07) is 5.46. The third-order valence-electron chi connectivity index (χ3n) is 7.65. The molecule has 3 heterocycles. The summed E-state index contributed by atoms with van der Waals surface area (Å²) < 4.78 is 11.2.